The maximum absolute atomic E-state index is 13.0. The topological polar surface area (TPSA) is 76.8 Å². The van der Waals surface area contributed by atoms with E-state index < -0.39 is 0 Å². The summed E-state index contributed by atoms with van der Waals surface area (Å²) >= 11 is 1.51. The van der Waals surface area contributed by atoms with Crippen molar-refractivity contribution in [1.82, 2.24) is 4.90 Å². The van der Waals surface area contributed by atoms with Crippen molar-refractivity contribution in [3.8, 4) is 17.6 Å². The maximum Gasteiger partial charge on any atom is 0.229 e. The first kappa shape index (κ1) is 20.2. The number of thioether (sulfide) groups is 1. The molecule has 154 valence electrons. The molecule has 0 spiro atoms. The number of phenols is 1. The minimum absolute atomic E-state index is 0.00986. The van der Waals surface area contributed by atoms with Gasteiger partial charge < -0.3 is 14.7 Å². The fourth-order valence-electron chi connectivity index (χ4n) is 3.78. The summed E-state index contributed by atoms with van der Waals surface area (Å²) in [7, 11) is 0. The van der Waals surface area contributed by atoms with E-state index in [0.29, 0.717) is 30.5 Å². The molecule has 0 aromatic heterocycles. The Balaban J connectivity index is 1.65. The molecule has 6 nitrogen and oxygen atoms in total. The number of benzene rings is 2. The standard InChI is InChI=1S/C23H23N3O3S/c1-3-29-21-10-16(6-9-20(21)27)18-11-22(28)26-13-25(14-30-23(26)19(18)12-24)17-7-4-15(2)5-8-17/h4-10,18,27H,3,11,13-14H2,1-2H3/t18-/m0/s1. The van der Waals surface area contributed by atoms with Gasteiger partial charge in [-0.05, 0) is 43.7 Å². The molecule has 1 atom stereocenters. The van der Waals surface area contributed by atoms with E-state index in [1.54, 1.807) is 23.1 Å². The molecule has 2 aromatic carbocycles. The van der Waals surface area contributed by atoms with Crippen LogP contribution in [0.3, 0.4) is 0 Å². The molecule has 1 fully saturated rings. The first-order valence-corrected chi connectivity index (χ1v) is 10.8. The first-order chi connectivity index (χ1) is 14.5. The normalized spacial score (nSPS) is 18.8. The van der Waals surface area contributed by atoms with E-state index in [-0.39, 0.29) is 24.0 Å². The number of anilines is 1. The zero-order valence-corrected chi connectivity index (χ0v) is 17.8. The lowest BCUT2D eigenvalue weighted by Crippen LogP contribution is -2.47. The first-order valence-electron chi connectivity index (χ1n) is 9.86. The van der Waals surface area contributed by atoms with Gasteiger partial charge in [0.2, 0.25) is 5.91 Å². The number of hydrogen-bond acceptors (Lipinski definition) is 6. The third-order valence-corrected chi connectivity index (χ3v) is 6.53. The molecule has 2 heterocycles. The molecule has 1 amide bonds. The van der Waals surface area contributed by atoms with Crippen LogP contribution in [0.15, 0.2) is 53.1 Å². The molecule has 2 aromatic rings. The Bertz CT molecular complexity index is 1040. The van der Waals surface area contributed by atoms with E-state index in [4.69, 9.17) is 4.74 Å². The van der Waals surface area contributed by atoms with Gasteiger partial charge in [0.15, 0.2) is 11.5 Å². The van der Waals surface area contributed by atoms with Crippen LogP contribution in [0.2, 0.25) is 0 Å². The van der Waals surface area contributed by atoms with E-state index in [2.05, 4.69) is 35.2 Å². The number of aromatic hydroxyl groups is 1. The van der Waals surface area contributed by atoms with Crippen LogP contribution in [0.1, 0.15) is 30.4 Å². The average Bonchev–Trinajstić information content (AvgIpc) is 2.76. The van der Waals surface area contributed by atoms with Gasteiger partial charge in [0.25, 0.3) is 0 Å². The van der Waals surface area contributed by atoms with E-state index in [1.165, 1.54) is 17.3 Å². The summed E-state index contributed by atoms with van der Waals surface area (Å²) < 4.78 is 5.49. The molecule has 2 aliphatic heterocycles. The molecule has 2 aliphatic rings. The van der Waals surface area contributed by atoms with Crippen molar-refractivity contribution in [3.63, 3.8) is 0 Å². The number of nitriles is 1. The summed E-state index contributed by atoms with van der Waals surface area (Å²) in [5.41, 5.74) is 3.64. The number of amides is 1. The molecule has 0 radical (unpaired) electrons. The molecular formula is C23H23N3O3S. The summed E-state index contributed by atoms with van der Waals surface area (Å²) in [6.45, 7) is 4.74. The summed E-state index contributed by atoms with van der Waals surface area (Å²) in [4.78, 5) is 16.9. The van der Waals surface area contributed by atoms with Gasteiger partial charge in [-0.25, -0.2) is 0 Å². The number of aryl methyl sites for hydroxylation is 1. The molecule has 0 aliphatic carbocycles. The van der Waals surface area contributed by atoms with E-state index in [0.717, 1.165) is 16.3 Å². The van der Waals surface area contributed by atoms with E-state index in [1.807, 2.05) is 13.8 Å². The van der Waals surface area contributed by atoms with Gasteiger partial charge in [-0.15, -0.1) is 0 Å². The molecule has 1 N–H and O–H groups in total. The molecule has 0 unspecified atom stereocenters. The van der Waals surface area contributed by atoms with Gasteiger partial charge in [0, 0.05) is 18.0 Å². The lowest BCUT2D eigenvalue weighted by molar-refractivity contribution is -0.129. The highest BCUT2D eigenvalue weighted by molar-refractivity contribution is 8.03. The third-order valence-electron chi connectivity index (χ3n) is 5.38. The number of nitrogens with zero attached hydrogens (tertiary/aromatic N) is 3. The van der Waals surface area contributed by atoms with Gasteiger partial charge in [-0.3, -0.25) is 9.69 Å². The summed E-state index contributed by atoms with van der Waals surface area (Å²) in [5.74, 6) is 0.737. The number of rotatable bonds is 4. The van der Waals surface area contributed by atoms with Crippen LogP contribution >= 0.6 is 11.8 Å². The SMILES string of the molecule is CCOc1cc([C@@H]2CC(=O)N3CN(c4ccc(C)cc4)CSC3=C2C#N)ccc1O. The van der Waals surface area contributed by atoms with Gasteiger partial charge in [-0.1, -0.05) is 35.5 Å². The quantitative estimate of drug-likeness (QED) is 0.792. The van der Waals surface area contributed by atoms with Gasteiger partial charge in [0.1, 0.15) is 0 Å². The van der Waals surface area contributed by atoms with Crippen LogP contribution in [-0.2, 0) is 4.79 Å². The van der Waals surface area contributed by atoms with Crippen LogP contribution < -0.4 is 9.64 Å². The van der Waals surface area contributed by atoms with Crippen LogP contribution in [0.25, 0.3) is 0 Å². The molecule has 0 saturated carbocycles. The number of carbonyl (C=O) groups is 1. The molecule has 7 heteroatoms. The number of ether oxygens (including phenoxy) is 1. The highest BCUT2D eigenvalue weighted by Crippen LogP contribution is 2.44. The number of hydrogen-bond donors (Lipinski definition) is 1. The van der Waals surface area contributed by atoms with Crippen LogP contribution in [-0.4, -0.2) is 35.1 Å². The van der Waals surface area contributed by atoms with Crippen molar-refractivity contribution in [2.75, 3.05) is 24.1 Å². The molecule has 0 bridgehead atoms. The summed E-state index contributed by atoms with van der Waals surface area (Å²) in [5, 5.41) is 20.7. The highest BCUT2D eigenvalue weighted by atomic mass is 32.2. The highest BCUT2D eigenvalue weighted by Gasteiger charge is 2.38. The van der Waals surface area contributed by atoms with Crippen LogP contribution in [0, 0.1) is 18.3 Å². The smallest absolute Gasteiger partial charge is 0.229 e. The van der Waals surface area contributed by atoms with E-state index in [9.17, 15) is 15.2 Å². The second-order valence-electron chi connectivity index (χ2n) is 7.36. The molecule has 4 rings (SSSR count). The van der Waals surface area contributed by atoms with Crippen molar-refractivity contribution in [2.24, 2.45) is 0 Å². The van der Waals surface area contributed by atoms with Crippen molar-refractivity contribution < 1.29 is 14.6 Å². The second kappa shape index (κ2) is 8.33. The number of allylic oxidation sites excluding steroid dienone is 1. The molecule has 1 saturated heterocycles. The van der Waals surface area contributed by atoms with Crippen molar-refractivity contribution in [1.29, 1.82) is 5.26 Å². The minimum atomic E-state index is -0.341. The van der Waals surface area contributed by atoms with Gasteiger partial charge >= 0.3 is 0 Å². The van der Waals surface area contributed by atoms with Crippen molar-refractivity contribution in [3.05, 3.63) is 64.2 Å². The number of phenolic OH excluding ortho intramolecular Hbond substituents is 1. The summed E-state index contributed by atoms with van der Waals surface area (Å²) in [6.07, 6.45) is 0.213. The Morgan fingerprint density at radius 2 is 2.03 bits per heavy atom. The van der Waals surface area contributed by atoms with Gasteiger partial charge in [-0.2, -0.15) is 5.26 Å². The predicted molar refractivity (Wildman–Crippen MR) is 117 cm³/mol. The number of fused-ring (bicyclic) bond motifs is 1. The van der Waals surface area contributed by atoms with Gasteiger partial charge in [0.05, 0.1) is 35.8 Å². The fraction of sp³-hybridized carbons (Fsp3) is 0.304. The Labute approximate surface area is 180 Å². The Morgan fingerprint density at radius 3 is 2.73 bits per heavy atom. The average molecular weight is 422 g/mol. The summed E-state index contributed by atoms with van der Waals surface area (Å²) in [6, 6.07) is 15.6. The fourth-order valence-corrected chi connectivity index (χ4v) is 4.95. The predicted octanol–water partition coefficient (Wildman–Crippen LogP) is 4.32. The molecule has 30 heavy (non-hydrogen) atoms. The van der Waals surface area contributed by atoms with Crippen LogP contribution in [0.5, 0.6) is 11.5 Å². The lowest BCUT2D eigenvalue weighted by atomic mass is 9.86. The lowest BCUT2D eigenvalue weighted by Gasteiger charge is -2.42. The Kier molecular flexibility index (Phi) is 5.60. The maximum atomic E-state index is 13.0. The second-order valence-corrected chi connectivity index (χ2v) is 8.29. The largest absolute Gasteiger partial charge is 0.504 e. The van der Waals surface area contributed by atoms with Crippen LogP contribution in [0.4, 0.5) is 5.69 Å². The van der Waals surface area contributed by atoms with E-state index >= 15 is 0 Å². The molecular weight excluding hydrogens is 398 g/mol. The Morgan fingerprint density at radius 1 is 1.27 bits per heavy atom. The third kappa shape index (κ3) is 3.71. The number of carbonyl (C=O) groups excluding carboxylic acids is 1. The monoisotopic (exact) mass is 421 g/mol. The minimum Gasteiger partial charge on any atom is -0.504 e. The van der Waals surface area contributed by atoms with Crippen molar-refractivity contribution >= 4 is 23.4 Å². The zero-order chi connectivity index (χ0) is 21.3. The Hall–Kier alpha value is -3.11. The zero-order valence-electron chi connectivity index (χ0n) is 17.0. The van der Waals surface area contributed by atoms with Crippen molar-refractivity contribution in [2.45, 2.75) is 26.2 Å².